The van der Waals surface area contributed by atoms with Crippen LogP contribution in [-0.2, 0) is 0 Å². The monoisotopic (exact) mass is 255 g/mol. The molecule has 0 saturated carbocycles. The van der Waals surface area contributed by atoms with Crippen molar-refractivity contribution < 1.29 is 0 Å². The molecule has 0 unspecified atom stereocenters. The maximum Gasteiger partial charge on any atom is 0.0109 e. The fourth-order valence-corrected chi connectivity index (χ4v) is 2.69. The molecule has 0 aromatic carbocycles. The molecule has 108 valence electrons. The summed E-state index contributed by atoms with van der Waals surface area (Å²) in [6, 6.07) is 0. The van der Waals surface area contributed by atoms with Gasteiger partial charge in [-0.3, -0.25) is 0 Å². The summed E-state index contributed by atoms with van der Waals surface area (Å²) in [5.41, 5.74) is 0. The lowest BCUT2D eigenvalue weighted by Gasteiger charge is -2.29. The third-order valence-electron chi connectivity index (χ3n) is 3.80. The lowest BCUT2D eigenvalue weighted by atomic mass is 9.94. The van der Waals surface area contributed by atoms with Crippen LogP contribution in [0.4, 0.5) is 0 Å². The lowest BCUT2D eigenvalue weighted by molar-refractivity contribution is 0.197. The predicted octanol–water partition coefficient (Wildman–Crippen LogP) is 1.90. The van der Waals surface area contributed by atoms with E-state index in [1.807, 2.05) is 0 Å². The summed E-state index contributed by atoms with van der Waals surface area (Å²) in [4.78, 5) is 4.95. The number of likely N-dealkylation sites (N-methyl/N-ethyl adjacent to an activating group) is 1. The van der Waals surface area contributed by atoms with Gasteiger partial charge in [0, 0.05) is 19.6 Å². The molecular formula is C15H33N3. The molecule has 1 aliphatic rings. The van der Waals surface area contributed by atoms with E-state index in [-0.39, 0.29) is 0 Å². The average Bonchev–Trinajstić information content (AvgIpc) is 2.33. The summed E-state index contributed by atoms with van der Waals surface area (Å²) in [5, 5.41) is 3.45. The average molecular weight is 255 g/mol. The molecule has 1 rings (SSSR count). The van der Waals surface area contributed by atoms with Crippen molar-refractivity contribution in [2.75, 3.05) is 53.4 Å². The predicted molar refractivity (Wildman–Crippen MR) is 80.0 cm³/mol. The maximum atomic E-state index is 3.45. The van der Waals surface area contributed by atoms with Crippen molar-refractivity contribution in [3.8, 4) is 0 Å². The van der Waals surface area contributed by atoms with Crippen molar-refractivity contribution in [3.05, 3.63) is 0 Å². The van der Waals surface area contributed by atoms with Crippen LogP contribution in [0.15, 0.2) is 0 Å². The highest BCUT2D eigenvalue weighted by molar-refractivity contribution is 4.71. The Morgan fingerprint density at radius 3 is 2.28 bits per heavy atom. The molecule has 0 amide bonds. The molecule has 3 heteroatoms. The summed E-state index contributed by atoms with van der Waals surface area (Å²) in [5.74, 6) is 1.74. The van der Waals surface area contributed by atoms with Gasteiger partial charge < -0.3 is 15.1 Å². The SMILES string of the molecule is CC(C)CN(CCC1CCNCC1)CCN(C)C. The molecule has 18 heavy (non-hydrogen) atoms. The van der Waals surface area contributed by atoms with Crippen molar-refractivity contribution in [3.63, 3.8) is 0 Å². The van der Waals surface area contributed by atoms with E-state index in [0.29, 0.717) is 0 Å². The Morgan fingerprint density at radius 2 is 1.72 bits per heavy atom. The smallest absolute Gasteiger partial charge is 0.0109 e. The molecule has 1 saturated heterocycles. The summed E-state index contributed by atoms with van der Waals surface area (Å²) >= 11 is 0. The summed E-state index contributed by atoms with van der Waals surface area (Å²) < 4.78 is 0. The van der Waals surface area contributed by atoms with Crippen LogP contribution in [0.1, 0.15) is 33.1 Å². The van der Waals surface area contributed by atoms with Crippen LogP contribution in [0, 0.1) is 11.8 Å². The van der Waals surface area contributed by atoms with Gasteiger partial charge in [0.25, 0.3) is 0 Å². The molecule has 0 bridgehead atoms. The van der Waals surface area contributed by atoms with Crippen LogP contribution < -0.4 is 5.32 Å². The fraction of sp³-hybridized carbons (Fsp3) is 1.00. The minimum atomic E-state index is 0.778. The molecule has 0 aliphatic carbocycles. The standard InChI is InChI=1S/C15H33N3/c1-14(2)13-18(12-11-17(3)4)10-7-15-5-8-16-9-6-15/h14-16H,5-13H2,1-4H3. The van der Waals surface area contributed by atoms with E-state index < -0.39 is 0 Å². The molecule has 1 fully saturated rings. The van der Waals surface area contributed by atoms with E-state index in [0.717, 1.165) is 11.8 Å². The van der Waals surface area contributed by atoms with Gasteiger partial charge in [0.2, 0.25) is 0 Å². The van der Waals surface area contributed by atoms with Crippen molar-refractivity contribution in [2.24, 2.45) is 11.8 Å². The van der Waals surface area contributed by atoms with Crippen molar-refractivity contribution in [1.82, 2.24) is 15.1 Å². The first-order valence-corrected chi connectivity index (χ1v) is 7.65. The normalized spacial score (nSPS) is 18.2. The van der Waals surface area contributed by atoms with E-state index in [9.17, 15) is 0 Å². The number of nitrogens with one attached hydrogen (secondary N) is 1. The van der Waals surface area contributed by atoms with Crippen molar-refractivity contribution >= 4 is 0 Å². The van der Waals surface area contributed by atoms with Gasteiger partial charge in [0.1, 0.15) is 0 Å². The van der Waals surface area contributed by atoms with E-state index >= 15 is 0 Å². The van der Waals surface area contributed by atoms with Crippen LogP contribution in [0.2, 0.25) is 0 Å². The number of nitrogens with zero attached hydrogens (tertiary/aromatic N) is 2. The lowest BCUT2D eigenvalue weighted by Crippen LogP contribution is -2.37. The molecule has 1 N–H and O–H groups in total. The van der Waals surface area contributed by atoms with Crippen molar-refractivity contribution in [1.29, 1.82) is 0 Å². The van der Waals surface area contributed by atoms with Gasteiger partial charge in [0.15, 0.2) is 0 Å². The molecule has 1 aliphatic heterocycles. The van der Waals surface area contributed by atoms with E-state index in [1.54, 1.807) is 0 Å². The fourth-order valence-electron chi connectivity index (χ4n) is 2.69. The minimum absolute atomic E-state index is 0.778. The maximum absolute atomic E-state index is 3.45. The van der Waals surface area contributed by atoms with Gasteiger partial charge in [-0.2, -0.15) is 0 Å². The van der Waals surface area contributed by atoms with Gasteiger partial charge in [-0.25, -0.2) is 0 Å². The number of hydrogen-bond donors (Lipinski definition) is 1. The first-order valence-electron chi connectivity index (χ1n) is 7.65. The van der Waals surface area contributed by atoms with Crippen LogP contribution in [0.3, 0.4) is 0 Å². The Bertz CT molecular complexity index is 198. The number of hydrogen-bond acceptors (Lipinski definition) is 3. The third-order valence-corrected chi connectivity index (χ3v) is 3.80. The minimum Gasteiger partial charge on any atom is -0.317 e. The topological polar surface area (TPSA) is 18.5 Å². The Balaban J connectivity index is 2.25. The number of piperidine rings is 1. The van der Waals surface area contributed by atoms with Crippen LogP contribution in [-0.4, -0.2) is 63.2 Å². The first-order chi connectivity index (χ1) is 8.58. The second kappa shape index (κ2) is 8.89. The van der Waals surface area contributed by atoms with E-state index in [2.05, 4.69) is 43.1 Å². The molecule has 0 aromatic rings. The summed E-state index contributed by atoms with van der Waals surface area (Å²) in [6.07, 6.45) is 4.15. The quantitative estimate of drug-likeness (QED) is 0.714. The highest BCUT2D eigenvalue weighted by Crippen LogP contribution is 2.16. The van der Waals surface area contributed by atoms with Gasteiger partial charge in [0.05, 0.1) is 0 Å². The Kier molecular flexibility index (Phi) is 7.87. The zero-order chi connectivity index (χ0) is 13.4. The van der Waals surface area contributed by atoms with E-state index in [1.165, 1.54) is 58.5 Å². The van der Waals surface area contributed by atoms with Crippen molar-refractivity contribution in [2.45, 2.75) is 33.1 Å². The zero-order valence-electron chi connectivity index (χ0n) is 12.9. The molecular weight excluding hydrogens is 222 g/mol. The third kappa shape index (κ3) is 7.34. The molecule has 1 heterocycles. The van der Waals surface area contributed by atoms with Crippen LogP contribution in [0.25, 0.3) is 0 Å². The molecule has 3 nitrogen and oxygen atoms in total. The van der Waals surface area contributed by atoms with Crippen LogP contribution in [0.5, 0.6) is 0 Å². The Labute approximate surface area is 114 Å². The first kappa shape index (κ1) is 15.9. The van der Waals surface area contributed by atoms with E-state index in [4.69, 9.17) is 0 Å². The zero-order valence-corrected chi connectivity index (χ0v) is 12.9. The Hall–Kier alpha value is -0.120. The molecule has 0 radical (unpaired) electrons. The van der Waals surface area contributed by atoms with Gasteiger partial charge in [-0.15, -0.1) is 0 Å². The molecule has 0 aromatic heterocycles. The Morgan fingerprint density at radius 1 is 1.06 bits per heavy atom. The summed E-state index contributed by atoms with van der Waals surface area (Å²) in [7, 11) is 4.33. The highest BCUT2D eigenvalue weighted by atomic mass is 15.2. The summed E-state index contributed by atoms with van der Waals surface area (Å²) in [6.45, 7) is 12.0. The molecule has 0 spiro atoms. The second-order valence-electron chi connectivity index (χ2n) is 6.48. The largest absolute Gasteiger partial charge is 0.317 e. The van der Waals surface area contributed by atoms with Gasteiger partial charge in [-0.05, 0) is 64.8 Å². The van der Waals surface area contributed by atoms with Gasteiger partial charge in [-0.1, -0.05) is 13.8 Å². The molecule has 0 atom stereocenters. The number of rotatable bonds is 8. The highest BCUT2D eigenvalue weighted by Gasteiger charge is 2.15. The van der Waals surface area contributed by atoms with Crippen LogP contribution >= 0.6 is 0 Å². The van der Waals surface area contributed by atoms with Gasteiger partial charge >= 0.3 is 0 Å². The second-order valence-corrected chi connectivity index (χ2v) is 6.48.